The third-order valence-electron chi connectivity index (χ3n) is 3.48. The Morgan fingerprint density at radius 3 is 2.71 bits per heavy atom. The minimum Gasteiger partial charge on any atom is -0.339 e. The fourth-order valence-corrected chi connectivity index (χ4v) is 3.52. The van der Waals surface area contributed by atoms with Crippen LogP contribution in [0, 0.1) is 0 Å². The quantitative estimate of drug-likeness (QED) is 0.700. The molecule has 0 bridgehead atoms. The summed E-state index contributed by atoms with van der Waals surface area (Å²) in [5, 5.41) is 0. The topological polar surface area (TPSA) is 20.3 Å². The van der Waals surface area contributed by atoms with Gasteiger partial charge < -0.3 is 4.90 Å². The van der Waals surface area contributed by atoms with E-state index in [0.29, 0.717) is 9.90 Å². The van der Waals surface area contributed by atoms with Gasteiger partial charge in [0.1, 0.15) is 4.34 Å². The SMILES string of the molecule is C=C(/C=C\C=C/C)c1cc(C(=O)N2CCCCC2)c(Cl)s1. The van der Waals surface area contributed by atoms with Crippen molar-refractivity contribution in [2.45, 2.75) is 26.2 Å². The molecule has 112 valence electrons. The molecule has 0 radical (unpaired) electrons. The van der Waals surface area contributed by atoms with Gasteiger partial charge >= 0.3 is 0 Å². The highest BCUT2D eigenvalue weighted by atomic mass is 35.5. The number of rotatable bonds is 4. The summed E-state index contributed by atoms with van der Waals surface area (Å²) in [6.45, 7) is 7.66. The predicted octanol–water partition coefficient (Wildman–Crippen LogP) is 5.17. The Bertz CT molecular complexity index is 580. The molecule has 1 aliphatic heterocycles. The maximum atomic E-state index is 12.5. The Labute approximate surface area is 135 Å². The number of allylic oxidation sites excluding steroid dienone is 5. The minimum atomic E-state index is 0.0485. The summed E-state index contributed by atoms with van der Waals surface area (Å²) < 4.78 is 0.557. The Balaban J connectivity index is 2.14. The van der Waals surface area contributed by atoms with Crippen LogP contribution in [0.1, 0.15) is 41.4 Å². The standard InChI is InChI=1S/C17H20ClNOS/c1-3-4-6-9-13(2)15-12-14(16(18)21-15)17(20)19-10-7-5-8-11-19/h3-4,6,9,12H,2,5,7-8,10-11H2,1H3/b4-3-,9-6-. The largest absolute Gasteiger partial charge is 0.339 e. The first-order valence-electron chi connectivity index (χ1n) is 7.20. The molecule has 1 fully saturated rings. The van der Waals surface area contributed by atoms with E-state index in [4.69, 9.17) is 11.6 Å². The summed E-state index contributed by atoms with van der Waals surface area (Å²) in [6, 6.07) is 1.87. The summed E-state index contributed by atoms with van der Waals surface area (Å²) in [7, 11) is 0. The average Bonchev–Trinajstić information content (AvgIpc) is 2.89. The van der Waals surface area contributed by atoms with Crippen LogP contribution in [0.3, 0.4) is 0 Å². The third kappa shape index (κ3) is 4.08. The molecule has 0 atom stereocenters. The number of amides is 1. The molecule has 0 spiro atoms. The van der Waals surface area contributed by atoms with Gasteiger partial charge in [-0.3, -0.25) is 4.79 Å². The summed E-state index contributed by atoms with van der Waals surface area (Å²) in [5.41, 5.74) is 1.48. The van der Waals surface area contributed by atoms with E-state index in [-0.39, 0.29) is 5.91 Å². The molecular weight excluding hydrogens is 302 g/mol. The van der Waals surface area contributed by atoms with Crippen LogP contribution in [-0.2, 0) is 0 Å². The van der Waals surface area contributed by atoms with Crippen molar-refractivity contribution in [3.63, 3.8) is 0 Å². The summed E-state index contributed by atoms with van der Waals surface area (Å²) in [6.07, 6.45) is 11.1. The second-order valence-electron chi connectivity index (χ2n) is 5.06. The van der Waals surface area contributed by atoms with Gasteiger partial charge in [-0.15, -0.1) is 11.3 Å². The monoisotopic (exact) mass is 321 g/mol. The number of halogens is 1. The van der Waals surface area contributed by atoms with E-state index < -0.39 is 0 Å². The van der Waals surface area contributed by atoms with E-state index in [1.165, 1.54) is 17.8 Å². The molecule has 0 N–H and O–H groups in total. The number of hydrogen-bond acceptors (Lipinski definition) is 2. The fraction of sp³-hybridized carbons (Fsp3) is 0.353. The van der Waals surface area contributed by atoms with E-state index in [2.05, 4.69) is 6.58 Å². The van der Waals surface area contributed by atoms with Gasteiger partial charge in [-0.2, -0.15) is 0 Å². The molecule has 1 amide bonds. The Hall–Kier alpha value is -1.32. The maximum Gasteiger partial charge on any atom is 0.256 e. The van der Waals surface area contributed by atoms with Crippen LogP contribution in [0.5, 0.6) is 0 Å². The molecule has 21 heavy (non-hydrogen) atoms. The van der Waals surface area contributed by atoms with Crippen molar-refractivity contribution in [2.24, 2.45) is 0 Å². The highest BCUT2D eigenvalue weighted by Crippen LogP contribution is 2.33. The number of carbonyl (C=O) groups excluding carboxylic acids is 1. The van der Waals surface area contributed by atoms with E-state index in [0.717, 1.165) is 36.4 Å². The van der Waals surface area contributed by atoms with Crippen LogP contribution in [0.4, 0.5) is 0 Å². The molecule has 0 aromatic carbocycles. The van der Waals surface area contributed by atoms with Gasteiger partial charge in [0, 0.05) is 18.0 Å². The lowest BCUT2D eigenvalue weighted by Gasteiger charge is -2.26. The van der Waals surface area contributed by atoms with Gasteiger partial charge in [0.2, 0.25) is 0 Å². The number of piperidine rings is 1. The number of thiophene rings is 1. The van der Waals surface area contributed by atoms with Gasteiger partial charge in [0.15, 0.2) is 0 Å². The Kier molecular flexibility index (Phi) is 5.83. The first-order chi connectivity index (χ1) is 10.1. The van der Waals surface area contributed by atoms with Crippen molar-refractivity contribution >= 4 is 34.4 Å². The van der Waals surface area contributed by atoms with Crippen LogP contribution in [-0.4, -0.2) is 23.9 Å². The van der Waals surface area contributed by atoms with Crippen molar-refractivity contribution in [1.29, 1.82) is 0 Å². The highest BCUT2D eigenvalue weighted by Gasteiger charge is 2.22. The van der Waals surface area contributed by atoms with Crippen molar-refractivity contribution in [1.82, 2.24) is 4.90 Å². The molecule has 4 heteroatoms. The third-order valence-corrected chi connectivity index (χ3v) is 4.91. The van der Waals surface area contributed by atoms with Crippen molar-refractivity contribution in [3.05, 3.63) is 51.7 Å². The molecule has 0 unspecified atom stereocenters. The van der Waals surface area contributed by atoms with E-state index in [1.54, 1.807) is 0 Å². The molecule has 1 saturated heterocycles. The average molecular weight is 322 g/mol. The maximum absolute atomic E-state index is 12.5. The highest BCUT2D eigenvalue weighted by molar-refractivity contribution is 7.17. The molecule has 1 aliphatic rings. The van der Waals surface area contributed by atoms with E-state index in [1.807, 2.05) is 42.2 Å². The van der Waals surface area contributed by atoms with Crippen molar-refractivity contribution in [2.75, 3.05) is 13.1 Å². The normalized spacial score (nSPS) is 16.0. The van der Waals surface area contributed by atoms with Gasteiger partial charge in [0.05, 0.1) is 5.56 Å². The molecular formula is C17H20ClNOS. The molecule has 1 aromatic rings. The first kappa shape index (κ1) is 16.1. The molecule has 2 nitrogen and oxygen atoms in total. The fourth-order valence-electron chi connectivity index (χ4n) is 2.31. The molecule has 2 rings (SSSR count). The zero-order valence-electron chi connectivity index (χ0n) is 12.3. The second-order valence-corrected chi connectivity index (χ2v) is 6.72. The van der Waals surface area contributed by atoms with Gasteiger partial charge in [-0.05, 0) is 37.8 Å². The summed E-state index contributed by atoms with van der Waals surface area (Å²) in [4.78, 5) is 15.4. The molecule has 2 heterocycles. The van der Waals surface area contributed by atoms with Crippen LogP contribution in [0.25, 0.3) is 5.57 Å². The Morgan fingerprint density at radius 2 is 2.05 bits per heavy atom. The Morgan fingerprint density at radius 1 is 1.33 bits per heavy atom. The first-order valence-corrected chi connectivity index (χ1v) is 8.40. The van der Waals surface area contributed by atoms with Crippen molar-refractivity contribution < 1.29 is 4.79 Å². The lowest BCUT2D eigenvalue weighted by atomic mass is 10.1. The van der Waals surface area contributed by atoms with E-state index in [9.17, 15) is 4.79 Å². The summed E-state index contributed by atoms with van der Waals surface area (Å²) in [5.74, 6) is 0.0485. The second kappa shape index (κ2) is 7.62. The zero-order chi connectivity index (χ0) is 15.2. The molecule has 0 saturated carbocycles. The van der Waals surface area contributed by atoms with Gasteiger partial charge in [-0.25, -0.2) is 0 Å². The number of nitrogens with zero attached hydrogens (tertiary/aromatic N) is 1. The number of likely N-dealkylation sites (tertiary alicyclic amines) is 1. The molecule has 0 aliphatic carbocycles. The van der Waals surface area contributed by atoms with Crippen molar-refractivity contribution in [3.8, 4) is 0 Å². The lowest BCUT2D eigenvalue weighted by molar-refractivity contribution is 0.0725. The van der Waals surface area contributed by atoms with Crippen LogP contribution >= 0.6 is 22.9 Å². The zero-order valence-corrected chi connectivity index (χ0v) is 13.8. The summed E-state index contributed by atoms with van der Waals surface area (Å²) >= 11 is 7.67. The minimum absolute atomic E-state index is 0.0485. The predicted molar refractivity (Wildman–Crippen MR) is 92.1 cm³/mol. The van der Waals surface area contributed by atoms with Gasteiger partial charge in [0.25, 0.3) is 5.91 Å². The van der Waals surface area contributed by atoms with Crippen LogP contribution < -0.4 is 0 Å². The van der Waals surface area contributed by atoms with Gasteiger partial charge in [-0.1, -0.05) is 42.5 Å². The lowest BCUT2D eigenvalue weighted by Crippen LogP contribution is -2.35. The molecule has 1 aromatic heterocycles. The smallest absolute Gasteiger partial charge is 0.256 e. The van der Waals surface area contributed by atoms with Crippen LogP contribution in [0.15, 0.2) is 36.9 Å². The number of hydrogen-bond donors (Lipinski definition) is 0. The van der Waals surface area contributed by atoms with E-state index >= 15 is 0 Å². The number of carbonyl (C=O) groups is 1. The van der Waals surface area contributed by atoms with Crippen LogP contribution in [0.2, 0.25) is 4.34 Å².